The van der Waals surface area contributed by atoms with Crippen LogP contribution >= 0.6 is 11.6 Å². The highest BCUT2D eigenvalue weighted by atomic mass is 35.5. The number of ether oxygens (including phenoxy) is 2. The van der Waals surface area contributed by atoms with E-state index in [0.717, 1.165) is 5.56 Å². The Hall–Kier alpha value is -1.71. The molecule has 2 rings (SSSR count). The summed E-state index contributed by atoms with van der Waals surface area (Å²) < 4.78 is 10.4. The van der Waals surface area contributed by atoms with Crippen LogP contribution in [0.4, 0.5) is 0 Å². The Bertz CT molecular complexity index is 569. The molecule has 2 aromatic rings. The van der Waals surface area contributed by atoms with E-state index in [2.05, 4.69) is 0 Å². The topological polar surface area (TPSA) is 38.7 Å². The molecule has 0 unspecified atom stereocenters. The number of aliphatic hydroxyl groups is 1. The average Bonchev–Trinajstić information content (AvgIpc) is 2.45. The minimum atomic E-state index is -0.792. The van der Waals surface area contributed by atoms with Crippen molar-refractivity contribution >= 4 is 11.6 Å². The summed E-state index contributed by atoms with van der Waals surface area (Å²) in [7, 11) is 3.14. The van der Waals surface area contributed by atoms with Crippen molar-refractivity contribution in [3.05, 3.63) is 58.6 Å². The third-order valence-electron chi connectivity index (χ3n) is 2.90. The maximum Gasteiger partial charge on any atom is 0.128 e. The van der Waals surface area contributed by atoms with Crippen LogP contribution in [0.15, 0.2) is 42.5 Å². The maximum absolute atomic E-state index is 10.4. The monoisotopic (exact) mass is 278 g/mol. The second-order valence-electron chi connectivity index (χ2n) is 4.07. The lowest BCUT2D eigenvalue weighted by atomic mass is 10.0. The van der Waals surface area contributed by atoms with Gasteiger partial charge < -0.3 is 14.6 Å². The molecule has 0 fully saturated rings. The largest absolute Gasteiger partial charge is 0.497 e. The normalized spacial score (nSPS) is 12.0. The lowest BCUT2D eigenvalue weighted by Gasteiger charge is -2.16. The Kier molecular flexibility index (Phi) is 4.30. The first-order valence-corrected chi connectivity index (χ1v) is 6.19. The molecule has 4 heteroatoms. The van der Waals surface area contributed by atoms with Crippen molar-refractivity contribution in [2.24, 2.45) is 0 Å². The summed E-state index contributed by atoms with van der Waals surface area (Å²) in [6, 6.07) is 12.4. The number of aliphatic hydroxyl groups excluding tert-OH is 1. The molecule has 0 saturated heterocycles. The lowest BCUT2D eigenvalue weighted by Crippen LogP contribution is -2.02. The first-order chi connectivity index (χ1) is 9.15. The summed E-state index contributed by atoms with van der Waals surface area (Å²) in [4.78, 5) is 0. The van der Waals surface area contributed by atoms with Crippen LogP contribution in [0.1, 0.15) is 17.2 Å². The van der Waals surface area contributed by atoms with Crippen LogP contribution in [0, 0.1) is 0 Å². The van der Waals surface area contributed by atoms with E-state index in [1.165, 1.54) is 0 Å². The van der Waals surface area contributed by atoms with Gasteiger partial charge in [-0.1, -0.05) is 23.7 Å². The molecule has 0 radical (unpaired) electrons. The number of methoxy groups -OCH3 is 2. The van der Waals surface area contributed by atoms with Crippen molar-refractivity contribution in [2.75, 3.05) is 14.2 Å². The molecule has 0 amide bonds. The quantitative estimate of drug-likeness (QED) is 0.931. The van der Waals surface area contributed by atoms with Crippen LogP contribution in [0.25, 0.3) is 0 Å². The van der Waals surface area contributed by atoms with Gasteiger partial charge in [-0.05, 0) is 29.8 Å². The van der Waals surface area contributed by atoms with Crippen molar-refractivity contribution in [1.82, 2.24) is 0 Å². The minimum Gasteiger partial charge on any atom is -0.497 e. The molecule has 1 atom stereocenters. The van der Waals surface area contributed by atoms with Gasteiger partial charge in [-0.3, -0.25) is 0 Å². The maximum atomic E-state index is 10.4. The van der Waals surface area contributed by atoms with Gasteiger partial charge in [-0.15, -0.1) is 0 Å². The molecule has 0 aliphatic rings. The van der Waals surface area contributed by atoms with E-state index in [9.17, 15) is 5.11 Å². The van der Waals surface area contributed by atoms with Gasteiger partial charge in [0.2, 0.25) is 0 Å². The van der Waals surface area contributed by atoms with Crippen LogP contribution in [0.2, 0.25) is 5.02 Å². The summed E-state index contributed by atoms with van der Waals surface area (Å²) in [6.07, 6.45) is -0.792. The van der Waals surface area contributed by atoms with Gasteiger partial charge in [0.15, 0.2) is 0 Å². The molecule has 19 heavy (non-hydrogen) atoms. The van der Waals surface area contributed by atoms with Gasteiger partial charge in [0.25, 0.3) is 0 Å². The number of rotatable bonds is 4. The summed E-state index contributed by atoms with van der Waals surface area (Å²) in [5.41, 5.74) is 1.39. The molecule has 2 aromatic carbocycles. The lowest BCUT2D eigenvalue weighted by molar-refractivity contribution is 0.214. The molecule has 0 aromatic heterocycles. The predicted molar refractivity (Wildman–Crippen MR) is 75.1 cm³/mol. The summed E-state index contributed by atoms with van der Waals surface area (Å²) in [5.74, 6) is 1.26. The number of halogens is 1. The van der Waals surface area contributed by atoms with Crippen molar-refractivity contribution in [1.29, 1.82) is 0 Å². The molecule has 1 N–H and O–H groups in total. The van der Waals surface area contributed by atoms with E-state index in [0.29, 0.717) is 22.1 Å². The standard InChI is InChI=1S/C15H15ClO3/c1-18-12-6-7-13(14(9-12)19-2)15(17)10-4-3-5-11(16)8-10/h3-9,15,17H,1-2H3/t15-/m0/s1. The van der Waals surface area contributed by atoms with E-state index in [1.807, 2.05) is 6.07 Å². The fourth-order valence-electron chi connectivity index (χ4n) is 1.90. The molecule has 0 aliphatic carbocycles. The van der Waals surface area contributed by atoms with Gasteiger partial charge in [-0.25, -0.2) is 0 Å². The molecular weight excluding hydrogens is 264 g/mol. The highest BCUT2D eigenvalue weighted by molar-refractivity contribution is 6.30. The fraction of sp³-hybridized carbons (Fsp3) is 0.200. The average molecular weight is 279 g/mol. The zero-order chi connectivity index (χ0) is 13.8. The molecule has 0 heterocycles. The Morgan fingerprint density at radius 2 is 1.84 bits per heavy atom. The first kappa shape index (κ1) is 13.7. The number of hydrogen-bond acceptors (Lipinski definition) is 3. The van der Waals surface area contributed by atoms with Crippen LogP contribution in [-0.4, -0.2) is 19.3 Å². The molecule has 100 valence electrons. The molecule has 0 saturated carbocycles. The Morgan fingerprint density at radius 3 is 2.47 bits per heavy atom. The summed E-state index contributed by atoms with van der Waals surface area (Å²) in [6.45, 7) is 0. The van der Waals surface area contributed by atoms with Crippen molar-refractivity contribution in [3.63, 3.8) is 0 Å². The third-order valence-corrected chi connectivity index (χ3v) is 3.13. The van der Waals surface area contributed by atoms with Crippen molar-refractivity contribution in [2.45, 2.75) is 6.10 Å². The summed E-state index contributed by atoms with van der Waals surface area (Å²) in [5, 5.41) is 11.0. The Balaban J connectivity index is 2.40. The Labute approximate surface area is 117 Å². The molecule has 0 bridgehead atoms. The van der Waals surface area contributed by atoms with Crippen molar-refractivity contribution < 1.29 is 14.6 Å². The van der Waals surface area contributed by atoms with Gasteiger partial charge in [0.05, 0.1) is 14.2 Å². The SMILES string of the molecule is COc1ccc([C@@H](O)c2cccc(Cl)c2)c(OC)c1. The Morgan fingerprint density at radius 1 is 1.05 bits per heavy atom. The number of hydrogen-bond donors (Lipinski definition) is 1. The van der Waals surface area contributed by atoms with Gasteiger partial charge in [-0.2, -0.15) is 0 Å². The predicted octanol–water partition coefficient (Wildman–Crippen LogP) is 3.44. The van der Waals surface area contributed by atoms with Crippen LogP contribution in [0.3, 0.4) is 0 Å². The van der Waals surface area contributed by atoms with E-state index < -0.39 is 6.10 Å². The molecule has 3 nitrogen and oxygen atoms in total. The molecule has 0 aliphatic heterocycles. The third kappa shape index (κ3) is 3.00. The second-order valence-corrected chi connectivity index (χ2v) is 4.50. The van der Waals surface area contributed by atoms with Gasteiger partial charge >= 0.3 is 0 Å². The van der Waals surface area contributed by atoms with E-state index >= 15 is 0 Å². The first-order valence-electron chi connectivity index (χ1n) is 5.81. The van der Waals surface area contributed by atoms with E-state index in [-0.39, 0.29) is 0 Å². The van der Waals surface area contributed by atoms with E-state index in [4.69, 9.17) is 21.1 Å². The molecular formula is C15H15ClO3. The zero-order valence-electron chi connectivity index (χ0n) is 10.8. The smallest absolute Gasteiger partial charge is 0.128 e. The highest BCUT2D eigenvalue weighted by Gasteiger charge is 2.16. The van der Waals surface area contributed by atoms with Gasteiger partial charge in [0, 0.05) is 16.7 Å². The van der Waals surface area contributed by atoms with Crippen LogP contribution < -0.4 is 9.47 Å². The number of benzene rings is 2. The van der Waals surface area contributed by atoms with Crippen molar-refractivity contribution in [3.8, 4) is 11.5 Å². The summed E-state index contributed by atoms with van der Waals surface area (Å²) >= 11 is 5.94. The zero-order valence-corrected chi connectivity index (χ0v) is 11.5. The minimum absolute atomic E-state index is 0.576. The van der Waals surface area contributed by atoms with Crippen LogP contribution in [0.5, 0.6) is 11.5 Å². The van der Waals surface area contributed by atoms with Gasteiger partial charge in [0.1, 0.15) is 17.6 Å². The van der Waals surface area contributed by atoms with E-state index in [1.54, 1.807) is 50.6 Å². The molecule has 0 spiro atoms. The highest BCUT2D eigenvalue weighted by Crippen LogP contribution is 2.33. The fourth-order valence-corrected chi connectivity index (χ4v) is 2.10. The second kappa shape index (κ2) is 5.95. The van der Waals surface area contributed by atoms with Crippen LogP contribution in [-0.2, 0) is 0 Å².